The number of anilines is 1. The van der Waals surface area contributed by atoms with E-state index in [9.17, 15) is 0 Å². The van der Waals surface area contributed by atoms with Crippen LogP contribution in [0.5, 0.6) is 0 Å². The molecule has 0 amide bonds. The Balaban J connectivity index is 0.000000720. The summed E-state index contributed by atoms with van der Waals surface area (Å²) >= 11 is 1.95. The van der Waals surface area contributed by atoms with E-state index in [0.29, 0.717) is 0 Å². The van der Waals surface area contributed by atoms with Crippen molar-refractivity contribution in [1.29, 1.82) is 0 Å². The molecule has 0 saturated heterocycles. The van der Waals surface area contributed by atoms with Gasteiger partial charge in [-0.1, -0.05) is 12.1 Å². The van der Waals surface area contributed by atoms with Crippen LogP contribution in [0, 0.1) is 0 Å². The van der Waals surface area contributed by atoms with Gasteiger partial charge < -0.3 is 5.32 Å². The first-order valence-corrected chi connectivity index (χ1v) is 4.91. The first-order chi connectivity index (χ1) is 5.47. The molecule has 0 aromatic heterocycles. The highest BCUT2D eigenvalue weighted by molar-refractivity contribution is 8.93. The second-order valence-electron chi connectivity index (χ2n) is 2.62. The van der Waals surface area contributed by atoms with Crippen molar-refractivity contribution in [3.8, 4) is 0 Å². The highest BCUT2D eigenvalue weighted by Crippen LogP contribution is 2.29. The first-order valence-electron chi connectivity index (χ1n) is 3.92. The van der Waals surface area contributed by atoms with Crippen LogP contribution in [0.1, 0.15) is 6.42 Å². The number of para-hydroxylation sites is 1. The molecule has 0 saturated carbocycles. The van der Waals surface area contributed by atoms with Gasteiger partial charge in [-0.05, 0) is 24.3 Å². The average Bonchev–Trinajstić information content (AvgIpc) is 2.28. The molecule has 0 unspecified atom stereocenters. The third-order valence-electron chi connectivity index (χ3n) is 1.78. The van der Waals surface area contributed by atoms with Crippen LogP contribution in [-0.4, -0.2) is 12.3 Å². The van der Waals surface area contributed by atoms with Crippen LogP contribution in [0.3, 0.4) is 0 Å². The zero-order chi connectivity index (χ0) is 7.52. The molecule has 1 aromatic rings. The van der Waals surface area contributed by atoms with Crippen molar-refractivity contribution < 1.29 is 0 Å². The van der Waals surface area contributed by atoms with Gasteiger partial charge in [0.25, 0.3) is 0 Å². The Hall–Kier alpha value is -0.150. The second-order valence-corrected chi connectivity index (χ2v) is 3.76. The number of hydrogen-bond donors (Lipinski definition) is 1. The first kappa shape index (κ1) is 9.93. The third-order valence-corrected chi connectivity index (χ3v) is 2.94. The lowest BCUT2D eigenvalue weighted by atomic mass is 10.3. The standard InChI is InChI=1S/C9H11NS.BrH/c1-2-5-9-8(4-1)10-6-3-7-11-9;/h1-2,4-5,10H,3,6-7H2;1H. The predicted molar refractivity (Wildman–Crippen MR) is 60.6 cm³/mol. The van der Waals surface area contributed by atoms with Gasteiger partial charge in [0.1, 0.15) is 0 Å². The maximum absolute atomic E-state index is 3.40. The summed E-state index contributed by atoms with van der Waals surface area (Å²) in [5.74, 6) is 1.24. The van der Waals surface area contributed by atoms with E-state index in [0.717, 1.165) is 6.54 Å². The van der Waals surface area contributed by atoms with Crippen LogP contribution in [0.2, 0.25) is 0 Å². The van der Waals surface area contributed by atoms with Crippen molar-refractivity contribution in [2.45, 2.75) is 11.3 Å². The van der Waals surface area contributed by atoms with E-state index < -0.39 is 0 Å². The van der Waals surface area contributed by atoms with E-state index >= 15 is 0 Å². The van der Waals surface area contributed by atoms with E-state index in [1.807, 2.05) is 11.8 Å². The van der Waals surface area contributed by atoms with Gasteiger partial charge in [0.15, 0.2) is 0 Å². The lowest BCUT2D eigenvalue weighted by Gasteiger charge is -2.04. The maximum Gasteiger partial charge on any atom is 0.0478 e. The quantitative estimate of drug-likeness (QED) is 0.754. The maximum atomic E-state index is 3.40. The molecule has 1 N–H and O–H groups in total. The van der Waals surface area contributed by atoms with Crippen LogP contribution in [0.4, 0.5) is 5.69 Å². The number of benzene rings is 1. The Morgan fingerprint density at radius 2 is 2.08 bits per heavy atom. The number of thioether (sulfide) groups is 1. The highest BCUT2D eigenvalue weighted by Gasteiger charge is 2.04. The molecule has 1 aliphatic rings. The fraction of sp³-hybridized carbons (Fsp3) is 0.333. The largest absolute Gasteiger partial charge is 0.384 e. The van der Waals surface area contributed by atoms with E-state index in [2.05, 4.69) is 29.6 Å². The molecule has 2 rings (SSSR count). The molecule has 3 heteroatoms. The van der Waals surface area contributed by atoms with Gasteiger partial charge in [0.2, 0.25) is 0 Å². The summed E-state index contributed by atoms with van der Waals surface area (Å²) in [6.07, 6.45) is 1.26. The number of rotatable bonds is 0. The molecule has 0 fully saturated rings. The molecule has 1 aliphatic heterocycles. The Bertz CT molecular complexity index is 227. The third kappa shape index (κ3) is 2.17. The van der Waals surface area contributed by atoms with Crippen LogP contribution in [0.15, 0.2) is 29.2 Å². The van der Waals surface area contributed by atoms with E-state index in [1.54, 1.807) is 0 Å². The zero-order valence-corrected chi connectivity index (χ0v) is 9.28. The van der Waals surface area contributed by atoms with Crippen LogP contribution in [-0.2, 0) is 0 Å². The van der Waals surface area contributed by atoms with Gasteiger partial charge in [-0.25, -0.2) is 0 Å². The summed E-state index contributed by atoms with van der Waals surface area (Å²) in [7, 11) is 0. The Morgan fingerprint density at radius 3 is 3.00 bits per heavy atom. The Labute approximate surface area is 87.7 Å². The lowest BCUT2D eigenvalue weighted by Crippen LogP contribution is -1.99. The van der Waals surface area contributed by atoms with Gasteiger partial charge in [-0.3, -0.25) is 0 Å². The molecule has 66 valence electrons. The van der Waals surface area contributed by atoms with Crippen molar-refractivity contribution in [2.24, 2.45) is 0 Å². The predicted octanol–water partition coefficient (Wildman–Crippen LogP) is 3.17. The van der Waals surface area contributed by atoms with Gasteiger partial charge in [0.05, 0.1) is 0 Å². The smallest absolute Gasteiger partial charge is 0.0478 e. The molecular formula is C9H12BrNS. The fourth-order valence-electron chi connectivity index (χ4n) is 1.22. The molecule has 0 atom stereocenters. The molecule has 1 aromatic carbocycles. The van der Waals surface area contributed by atoms with Gasteiger partial charge >= 0.3 is 0 Å². The number of hydrogen-bond acceptors (Lipinski definition) is 2. The summed E-state index contributed by atoms with van der Waals surface area (Å²) in [5, 5.41) is 3.40. The second kappa shape index (κ2) is 4.77. The molecule has 12 heavy (non-hydrogen) atoms. The monoisotopic (exact) mass is 245 g/mol. The molecular weight excluding hydrogens is 234 g/mol. The zero-order valence-electron chi connectivity index (χ0n) is 6.75. The summed E-state index contributed by atoms with van der Waals surface area (Å²) in [6.45, 7) is 1.12. The summed E-state index contributed by atoms with van der Waals surface area (Å²) in [4.78, 5) is 1.39. The van der Waals surface area contributed by atoms with Crippen LogP contribution < -0.4 is 5.32 Å². The average molecular weight is 246 g/mol. The van der Waals surface area contributed by atoms with Crippen molar-refractivity contribution in [2.75, 3.05) is 17.6 Å². The molecule has 1 heterocycles. The summed E-state index contributed by atoms with van der Waals surface area (Å²) in [5.41, 5.74) is 1.30. The van der Waals surface area contributed by atoms with E-state index in [4.69, 9.17) is 0 Å². The van der Waals surface area contributed by atoms with Gasteiger partial charge in [0, 0.05) is 17.1 Å². The molecule has 0 spiro atoms. The van der Waals surface area contributed by atoms with Crippen molar-refractivity contribution in [3.63, 3.8) is 0 Å². The fourth-order valence-corrected chi connectivity index (χ4v) is 2.19. The van der Waals surface area contributed by atoms with Crippen LogP contribution >= 0.6 is 28.7 Å². The van der Waals surface area contributed by atoms with E-state index in [1.165, 1.54) is 22.8 Å². The summed E-state index contributed by atoms with van der Waals surface area (Å²) in [6, 6.07) is 8.50. The minimum atomic E-state index is 0. The number of fused-ring (bicyclic) bond motifs is 1. The summed E-state index contributed by atoms with van der Waals surface area (Å²) < 4.78 is 0. The molecule has 0 aliphatic carbocycles. The highest BCUT2D eigenvalue weighted by atomic mass is 79.9. The Kier molecular flexibility index (Phi) is 3.95. The SMILES string of the molecule is Br.c1ccc2c(c1)NCCCS2. The number of nitrogens with one attached hydrogen (secondary N) is 1. The van der Waals surface area contributed by atoms with Crippen LogP contribution in [0.25, 0.3) is 0 Å². The lowest BCUT2D eigenvalue weighted by molar-refractivity contribution is 0.999. The molecule has 0 radical (unpaired) electrons. The normalized spacial score (nSPS) is 15.0. The van der Waals surface area contributed by atoms with Crippen molar-refractivity contribution in [1.82, 2.24) is 0 Å². The van der Waals surface area contributed by atoms with Crippen molar-refractivity contribution in [3.05, 3.63) is 24.3 Å². The van der Waals surface area contributed by atoms with E-state index in [-0.39, 0.29) is 17.0 Å². The van der Waals surface area contributed by atoms with Crippen molar-refractivity contribution >= 4 is 34.4 Å². The molecule has 1 nitrogen and oxygen atoms in total. The number of halogens is 1. The molecule has 0 bridgehead atoms. The minimum absolute atomic E-state index is 0. The topological polar surface area (TPSA) is 12.0 Å². The van der Waals surface area contributed by atoms with Gasteiger partial charge in [-0.2, -0.15) is 0 Å². The Morgan fingerprint density at radius 1 is 1.25 bits per heavy atom. The minimum Gasteiger partial charge on any atom is -0.384 e. The van der Waals surface area contributed by atoms with Gasteiger partial charge in [-0.15, -0.1) is 28.7 Å².